The van der Waals surface area contributed by atoms with Crippen molar-refractivity contribution in [2.75, 3.05) is 11.9 Å². The first-order chi connectivity index (χ1) is 16.0. The third kappa shape index (κ3) is 4.07. The molecule has 0 unspecified atom stereocenters. The Bertz CT molecular complexity index is 1490. The van der Waals surface area contributed by atoms with Crippen LogP contribution in [0.3, 0.4) is 0 Å². The summed E-state index contributed by atoms with van der Waals surface area (Å²) in [4.78, 5) is 14.8. The summed E-state index contributed by atoms with van der Waals surface area (Å²) >= 11 is 3.56. The van der Waals surface area contributed by atoms with Crippen molar-refractivity contribution in [2.24, 2.45) is 0 Å². The van der Waals surface area contributed by atoms with Crippen molar-refractivity contribution < 1.29 is 9.53 Å². The summed E-state index contributed by atoms with van der Waals surface area (Å²) in [6.45, 7) is 4.52. The van der Waals surface area contributed by atoms with Crippen LogP contribution in [0.2, 0.25) is 0 Å². The van der Waals surface area contributed by atoms with E-state index in [-0.39, 0.29) is 5.91 Å². The fraction of sp³-hybridized carbons (Fsp3) is 0.115. The monoisotopic (exact) mass is 500 g/mol. The first kappa shape index (κ1) is 21.2. The van der Waals surface area contributed by atoms with E-state index in [0.717, 1.165) is 37.8 Å². The van der Waals surface area contributed by atoms with Crippen LogP contribution in [0.4, 0.5) is 5.69 Å². The average Bonchev–Trinajstić information content (AvgIpc) is 3.22. The number of hydrogen-bond donors (Lipinski definition) is 1. The zero-order chi connectivity index (χ0) is 22.9. The summed E-state index contributed by atoms with van der Waals surface area (Å²) in [5.74, 6) is 0.638. The molecule has 0 atom stereocenters. The molecule has 6 nitrogen and oxygen atoms in total. The number of nitrogens with one attached hydrogen (secondary N) is 1. The molecule has 0 aliphatic carbocycles. The molecule has 1 N–H and O–H groups in total. The van der Waals surface area contributed by atoms with Crippen LogP contribution in [-0.2, 0) is 0 Å². The number of anilines is 1. The molecule has 1 aromatic heterocycles. The second-order valence-electron chi connectivity index (χ2n) is 7.67. The minimum absolute atomic E-state index is 0.167. The molecule has 0 bridgehead atoms. The molecule has 5 aromatic rings. The third-order valence-electron chi connectivity index (χ3n) is 5.47. The van der Waals surface area contributed by atoms with Gasteiger partial charge in [0, 0.05) is 15.7 Å². The molecule has 4 aromatic carbocycles. The van der Waals surface area contributed by atoms with Gasteiger partial charge in [-0.25, -0.2) is 0 Å². The van der Waals surface area contributed by atoms with E-state index in [4.69, 9.17) is 4.74 Å². The molecular formula is C26H21BrN4O2. The molecule has 7 heteroatoms. The minimum atomic E-state index is -0.167. The highest BCUT2D eigenvalue weighted by Crippen LogP contribution is 2.28. The second-order valence-corrected chi connectivity index (χ2v) is 8.52. The summed E-state index contributed by atoms with van der Waals surface area (Å²) < 4.78 is 6.46. The van der Waals surface area contributed by atoms with Gasteiger partial charge in [-0.05, 0) is 78.7 Å². The maximum Gasteiger partial charge on any atom is 0.256 e. The predicted octanol–water partition coefficient (Wildman–Crippen LogP) is 6.30. The summed E-state index contributed by atoms with van der Waals surface area (Å²) in [6.07, 6.45) is 0. The number of carbonyl (C=O) groups is 1. The van der Waals surface area contributed by atoms with Gasteiger partial charge in [-0.2, -0.15) is 4.80 Å². The number of amides is 1. The van der Waals surface area contributed by atoms with Gasteiger partial charge in [0.15, 0.2) is 0 Å². The van der Waals surface area contributed by atoms with E-state index in [1.165, 1.54) is 0 Å². The number of halogens is 1. The Morgan fingerprint density at radius 3 is 2.42 bits per heavy atom. The Hall–Kier alpha value is -3.71. The third-order valence-corrected chi connectivity index (χ3v) is 6.16. The van der Waals surface area contributed by atoms with E-state index in [0.29, 0.717) is 23.4 Å². The molecule has 0 saturated carbocycles. The predicted molar refractivity (Wildman–Crippen MR) is 134 cm³/mol. The number of fused-ring (bicyclic) bond motifs is 2. The van der Waals surface area contributed by atoms with E-state index in [1.54, 1.807) is 4.80 Å². The maximum atomic E-state index is 13.2. The molecule has 0 aliphatic heterocycles. The van der Waals surface area contributed by atoms with Crippen LogP contribution < -0.4 is 10.1 Å². The quantitative estimate of drug-likeness (QED) is 0.307. The number of aryl methyl sites for hydroxylation is 1. The Morgan fingerprint density at radius 2 is 1.67 bits per heavy atom. The van der Waals surface area contributed by atoms with Gasteiger partial charge in [0.2, 0.25) is 0 Å². The summed E-state index contributed by atoms with van der Waals surface area (Å²) in [5.41, 5.74) is 4.53. The smallest absolute Gasteiger partial charge is 0.256 e. The van der Waals surface area contributed by atoms with Crippen LogP contribution in [0.1, 0.15) is 22.8 Å². The van der Waals surface area contributed by atoms with Gasteiger partial charge in [0.25, 0.3) is 5.91 Å². The largest absolute Gasteiger partial charge is 0.494 e. The number of carbonyl (C=O) groups excluding carboxylic acids is 1. The lowest BCUT2D eigenvalue weighted by Crippen LogP contribution is -2.13. The zero-order valence-corrected chi connectivity index (χ0v) is 19.8. The number of hydrogen-bond acceptors (Lipinski definition) is 4. The van der Waals surface area contributed by atoms with Gasteiger partial charge < -0.3 is 10.1 Å². The molecule has 0 radical (unpaired) electrons. The van der Waals surface area contributed by atoms with Crippen LogP contribution in [0.5, 0.6) is 5.75 Å². The SMILES string of the molecule is CCOc1ccc(-n2nc3cc(C)c(NC(=O)c4cccc5c(Br)cccc45)cc3n2)cc1. The van der Waals surface area contributed by atoms with Gasteiger partial charge in [-0.1, -0.05) is 40.2 Å². The normalized spacial score (nSPS) is 11.1. The number of nitrogens with zero attached hydrogens (tertiary/aromatic N) is 3. The van der Waals surface area contributed by atoms with Crippen molar-refractivity contribution in [3.8, 4) is 11.4 Å². The second kappa shape index (κ2) is 8.67. The van der Waals surface area contributed by atoms with Crippen LogP contribution in [-0.4, -0.2) is 27.5 Å². The van der Waals surface area contributed by atoms with E-state index < -0.39 is 0 Å². The Balaban J connectivity index is 1.46. The molecule has 0 saturated heterocycles. The standard InChI is InChI=1S/C26H21BrN4O2/c1-3-33-18-12-10-17(11-13-18)31-29-24-14-16(2)23(15-25(24)30-31)28-26(32)21-8-4-7-20-19(21)6-5-9-22(20)27/h4-15H,3H2,1-2H3,(H,28,32). The fourth-order valence-corrected chi connectivity index (χ4v) is 4.32. The first-order valence-electron chi connectivity index (χ1n) is 10.6. The lowest BCUT2D eigenvalue weighted by molar-refractivity contribution is 0.102. The first-order valence-corrected chi connectivity index (χ1v) is 11.4. The number of rotatable bonds is 5. The highest BCUT2D eigenvalue weighted by atomic mass is 79.9. The maximum absolute atomic E-state index is 13.2. The molecule has 164 valence electrons. The van der Waals surface area contributed by atoms with E-state index in [9.17, 15) is 4.79 Å². The molecule has 5 rings (SSSR count). The van der Waals surface area contributed by atoms with Crippen LogP contribution in [0.25, 0.3) is 27.5 Å². The van der Waals surface area contributed by atoms with E-state index in [2.05, 4.69) is 31.4 Å². The molecule has 0 fully saturated rings. The molecular weight excluding hydrogens is 480 g/mol. The summed E-state index contributed by atoms with van der Waals surface area (Å²) in [7, 11) is 0. The van der Waals surface area contributed by atoms with Crippen LogP contribution >= 0.6 is 15.9 Å². The van der Waals surface area contributed by atoms with Gasteiger partial charge in [-0.3, -0.25) is 4.79 Å². The van der Waals surface area contributed by atoms with Gasteiger partial charge >= 0.3 is 0 Å². The Morgan fingerprint density at radius 1 is 0.970 bits per heavy atom. The topological polar surface area (TPSA) is 69.0 Å². The van der Waals surface area contributed by atoms with Crippen molar-refractivity contribution in [3.05, 3.63) is 88.4 Å². The molecule has 1 heterocycles. The summed E-state index contributed by atoms with van der Waals surface area (Å²) in [6, 6.07) is 23.0. The fourth-order valence-electron chi connectivity index (χ4n) is 3.82. The summed E-state index contributed by atoms with van der Waals surface area (Å²) in [5, 5.41) is 14.1. The van der Waals surface area contributed by atoms with E-state index in [1.807, 2.05) is 86.6 Å². The lowest BCUT2D eigenvalue weighted by atomic mass is 10.0. The Labute approximate surface area is 199 Å². The average molecular weight is 501 g/mol. The molecule has 1 amide bonds. The highest BCUT2D eigenvalue weighted by molar-refractivity contribution is 9.10. The van der Waals surface area contributed by atoms with Gasteiger partial charge in [-0.15, -0.1) is 10.2 Å². The van der Waals surface area contributed by atoms with Crippen molar-refractivity contribution in [1.29, 1.82) is 0 Å². The molecule has 0 aliphatic rings. The van der Waals surface area contributed by atoms with E-state index >= 15 is 0 Å². The van der Waals surface area contributed by atoms with Crippen LogP contribution in [0.15, 0.2) is 77.3 Å². The van der Waals surface area contributed by atoms with Crippen molar-refractivity contribution in [3.63, 3.8) is 0 Å². The minimum Gasteiger partial charge on any atom is -0.494 e. The highest BCUT2D eigenvalue weighted by Gasteiger charge is 2.14. The van der Waals surface area contributed by atoms with Crippen molar-refractivity contribution in [1.82, 2.24) is 15.0 Å². The Kier molecular flexibility index (Phi) is 5.56. The van der Waals surface area contributed by atoms with Crippen molar-refractivity contribution >= 4 is 49.3 Å². The molecule has 0 spiro atoms. The van der Waals surface area contributed by atoms with Crippen molar-refractivity contribution in [2.45, 2.75) is 13.8 Å². The van der Waals surface area contributed by atoms with Crippen LogP contribution in [0, 0.1) is 6.92 Å². The zero-order valence-electron chi connectivity index (χ0n) is 18.2. The number of aromatic nitrogens is 3. The molecule has 33 heavy (non-hydrogen) atoms. The number of benzene rings is 4. The number of ether oxygens (including phenoxy) is 1. The van der Waals surface area contributed by atoms with Gasteiger partial charge in [0.05, 0.1) is 12.3 Å². The lowest BCUT2D eigenvalue weighted by Gasteiger charge is -2.11. The van der Waals surface area contributed by atoms with Gasteiger partial charge in [0.1, 0.15) is 16.8 Å².